The molecule has 0 saturated carbocycles. The number of ether oxygens (including phenoxy) is 1. The van der Waals surface area contributed by atoms with Crippen LogP contribution in [0.2, 0.25) is 0 Å². The highest BCUT2D eigenvalue weighted by Gasteiger charge is 2.11. The lowest BCUT2D eigenvalue weighted by atomic mass is 10.1. The van der Waals surface area contributed by atoms with Crippen LogP contribution in [0.15, 0.2) is 12.1 Å². The van der Waals surface area contributed by atoms with E-state index in [1.54, 1.807) is 19.9 Å². The summed E-state index contributed by atoms with van der Waals surface area (Å²) in [5.74, 6) is -0.0647. The predicted molar refractivity (Wildman–Crippen MR) is 52.3 cm³/mol. The summed E-state index contributed by atoms with van der Waals surface area (Å²) in [6.45, 7) is 3.36. The Bertz CT molecular complexity index is 359. The summed E-state index contributed by atoms with van der Waals surface area (Å²) in [5, 5.41) is 0. The minimum Gasteiger partial charge on any atom is -0.496 e. The number of Topliss-reactive ketones (excluding diaryl/α,β-unsaturated/α-hetero) is 1. The van der Waals surface area contributed by atoms with Crippen molar-refractivity contribution in [3.05, 3.63) is 29.1 Å². The first kappa shape index (κ1) is 10.7. The number of carbonyl (C=O) groups is 1. The average molecular weight is 196 g/mol. The largest absolute Gasteiger partial charge is 0.496 e. The first-order valence-corrected chi connectivity index (χ1v) is 4.47. The Morgan fingerprint density at radius 3 is 2.64 bits per heavy atom. The maximum Gasteiger partial charge on any atom is 0.162 e. The molecule has 1 aromatic rings. The highest BCUT2D eigenvalue weighted by Crippen LogP contribution is 2.23. The first-order valence-electron chi connectivity index (χ1n) is 4.47. The molecule has 1 rings (SSSR count). The van der Waals surface area contributed by atoms with Crippen LogP contribution in [0.4, 0.5) is 4.39 Å². The molecule has 0 spiro atoms. The van der Waals surface area contributed by atoms with Gasteiger partial charge in [-0.15, -0.1) is 0 Å². The second-order valence-electron chi connectivity index (χ2n) is 3.06. The second kappa shape index (κ2) is 4.22. The van der Waals surface area contributed by atoms with Crippen molar-refractivity contribution in [3.63, 3.8) is 0 Å². The van der Waals surface area contributed by atoms with Gasteiger partial charge in [0.2, 0.25) is 0 Å². The first-order chi connectivity index (χ1) is 6.60. The van der Waals surface area contributed by atoms with E-state index in [4.69, 9.17) is 4.74 Å². The Morgan fingerprint density at radius 2 is 2.14 bits per heavy atom. The predicted octanol–water partition coefficient (Wildman–Crippen LogP) is 2.74. The minimum absolute atomic E-state index is 0.0813. The third kappa shape index (κ3) is 1.92. The Balaban J connectivity index is 3.22. The zero-order valence-electron chi connectivity index (χ0n) is 8.56. The molecule has 0 bridgehead atoms. The lowest BCUT2D eigenvalue weighted by Gasteiger charge is -2.07. The number of hydrogen-bond acceptors (Lipinski definition) is 2. The van der Waals surface area contributed by atoms with Crippen LogP contribution in [0.1, 0.15) is 29.3 Å². The van der Waals surface area contributed by atoms with Gasteiger partial charge in [0.15, 0.2) is 5.78 Å². The maximum atomic E-state index is 13.3. The maximum absolute atomic E-state index is 13.3. The van der Waals surface area contributed by atoms with Crippen LogP contribution in [0.5, 0.6) is 5.75 Å². The molecule has 0 aliphatic carbocycles. The topological polar surface area (TPSA) is 26.3 Å². The summed E-state index contributed by atoms with van der Waals surface area (Å²) in [6, 6.07) is 2.83. The van der Waals surface area contributed by atoms with E-state index in [1.165, 1.54) is 13.2 Å². The van der Waals surface area contributed by atoms with E-state index < -0.39 is 5.82 Å². The molecule has 0 aromatic heterocycles. The van der Waals surface area contributed by atoms with E-state index in [0.717, 1.165) is 0 Å². The molecule has 14 heavy (non-hydrogen) atoms. The van der Waals surface area contributed by atoms with Crippen molar-refractivity contribution in [2.24, 2.45) is 0 Å². The summed E-state index contributed by atoms with van der Waals surface area (Å²) >= 11 is 0. The number of rotatable bonds is 3. The molecular formula is C11H13FO2. The molecule has 0 fully saturated rings. The van der Waals surface area contributed by atoms with Crippen molar-refractivity contribution in [2.75, 3.05) is 7.11 Å². The zero-order chi connectivity index (χ0) is 10.7. The van der Waals surface area contributed by atoms with Crippen LogP contribution in [0.25, 0.3) is 0 Å². The number of halogens is 1. The van der Waals surface area contributed by atoms with Gasteiger partial charge >= 0.3 is 0 Å². The molecule has 0 saturated heterocycles. The summed E-state index contributed by atoms with van der Waals surface area (Å²) in [4.78, 5) is 11.3. The molecule has 0 aliphatic rings. The van der Waals surface area contributed by atoms with E-state index in [1.807, 2.05) is 0 Å². The van der Waals surface area contributed by atoms with Crippen LogP contribution >= 0.6 is 0 Å². The molecule has 1 aromatic carbocycles. The van der Waals surface area contributed by atoms with Gasteiger partial charge in [-0.2, -0.15) is 0 Å². The fraction of sp³-hybridized carbons (Fsp3) is 0.364. The van der Waals surface area contributed by atoms with Gasteiger partial charge < -0.3 is 4.74 Å². The number of carbonyl (C=O) groups excluding carboxylic acids is 1. The number of methoxy groups -OCH3 is 1. The highest BCUT2D eigenvalue weighted by molar-refractivity contribution is 5.96. The van der Waals surface area contributed by atoms with E-state index in [9.17, 15) is 9.18 Å². The number of benzene rings is 1. The van der Waals surface area contributed by atoms with Crippen molar-refractivity contribution < 1.29 is 13.9 Å². The van der Waals surface area contributed by atoms with Gasteiger partial charge in [0.25, 0.3) is 0 Å². The van der Waals surface area contributed by atoms with E-state index in [0.29, 0.717) is 23.3 Å². The third-order valence-electron chi connectivity index (χ3n) is 2.16. The molecule has 0 aliphatic heterocycles. The fourth-order valence-corrected chi connectivity index (χ4v) is 1.23. The lowest BCUT2D eigenvalue weighted by Crippen LogP contribution is -2.00. The Morgan fingerprint density at radius 1 is 1.50 bits per heavy atom. The normalized spacial score (nSPS) is 10.0. The highest BCUT2D eigenvalue weighted by atomic mass is 19.1. The van der Waals surface area contributed by atoms with E-state index >= 15 is 0 Å². The van der Waals surface area contributed by atoms with Gasteiger partial charge in [-0.05, 0) is 19.1 Å². The van der Waals surface area contributed by atoms with Gasteiger partial charge in [0, 0.05) is 17.5 Å². The molecule has 0 heterocycles. The van der Waals surface area contributed by atoms with Gasteiger partial charge in [0.05, 0.1) is 7.11 Å². The smallest absolute Gasteiger partial charge is 0.162 e. The molecule has 76 valence electrons. The van der Waals surface area contributed by atoms with Crippen LogP contribution in [0.3, 0.4) is 0 Å². The monoisotopic (exact) mass is 196 g/mol. The van der Waals surface area contributed by atoms with Crippen molar-refractivity contribution in [1.82, 2.24) is 0 Å². The van der Waals surface area contributed by atoms with Gasteiger partial charge in [-0.1, -0.05) is 6.92 Å². The Hall–Kier alpha value is -1.38. The molecule has 0 unspecified atom stereocenters. The summed E-state index contributed by atoms with van der Waals surface area (Å²) < 4.78 is 18.3. The van der Waals surface area contributed by atoms with Crippen LogP contribution in [-0.2, 0) is 0 Å². The van der Waals surface area contributed by atoms with Crippen LogP contribution in [0, 0.1) is 12.7 Å². The van der Waals surface area contributed by atoms with Crippen molar-refractivity contribution >= 4 is 5.78 Å². The summed E-state index contributed by atoms with van der Waals surface area (Å²) in [6.07, 6.45) is 0.367. The lowest BCUT2D eigenvalue weighted by molar-refractivity contribution is 0.0987. The molecule has 0 N–H and O–H groups in total. The zero-order valence-corrected chi connectivity index (χ0v) is 8.56. The molecule has 0 amide bonds. The van der Waals surface area contributed by atoms with E-state index in [2.05, 4.69) is 0 Å². The summed E-state index contributed by atoms with van der Waals surface area (Å²) in [5.41, 5.74) is 0.799. The van der Waals surface area contributed by atoms with Gasteiger partial charge in [0.1, 0.15) is 11.6 Å². The third-order valence-corrected chi connectivity index (χ3v) is 2.16. The number of ketones is 1. The van der Waals surface area contributed by atoms with Crippen LogP contribution < -0.4 is 4.74 Å². The fourth-order valence-electron chi connectivity index (χ4n) is 1.23. The second-order valence-corrected chi connectivity index (χ2v) is 3.06. The average Bonchev–Trinajstić information content (AvgIpc) is 2.20. The Labute approximate surface area is 82.7 Å². The van der Waals surface area contributed by atoms with Crippen LogP contribution in [-0.4, -0.2) is 12.9 Å². The van der Waals surface area contributed by atoms with Gasteiger partial charge in [-0.3, -0.25) is 4.79 Å². The molecular weight excluding hydrogens is 183 g/mol. The van der Waals surface area contributed by atoms with E-state index in [-0.39, 0.29) is 5.78 Å². The SMILES string of the molecule is CCC(=O)c1cc(F)c(C)c(OC)c1. The standard InChI is InChI=1S/C11H13FO2/c1-4-10(13)8-5-9(12)7(2)11(6-8)14-3/h5-6H,4H2,1-3H3. The molecule has 2 nitrogen and oxygen atoms in total. The molecule has 0 atom stereocenters. The molecule has 0 radical (unpaired) electrons. The molecule has 3 heteroatoms. The van der Waals surface area contributed by atoms with Crippen molar-refractivity contribution in [1.29, 1.82) is 0 Å². The van der Waals surface area contributed by atoms with Gasteiger partial charge in [-0.25, -0.2) is 4.39 Å². The Kier molecular flexibility index (Phi) is 3.23. The van der Waals surface area contributed by atoms with Crippen molar-refractivity contribution in [3.8, 4) is 5.75 Å². The summed E-state index contributed by atoms with van der Waals surface area (Å²) in [7, 11) is 1.46. The van der Waals surface area contributed by atoms with Crippen molar-refractivity contribution in [2.45, 2.75) is 20.3 Å². The minimum atomic E-state index is -0.402. The quantitative estimate of drug-likeness (QED) is 0.695. The number of hydrogen-bond donors (Lipinski definition) is 0.